The van der Waals surface area contributed by atoms with Gasteiger partial charge in [-0.2, -0.15) is 0 Å². The SMILES string of the molecule is C[Si](C)(C)c1ccc(C23CC4CC(CC(C4)C2CP)C3)c(C(P)(c2ncccn2)c2ncccn2)c1. The second-order valence-electron chi connectivity index (χ2n) is 12.6. The van der Waals surface area contributed by atoms with E-state index in [0.717, 1.165) is 29.4 Å². The summed E-state index contributed by atoms with van der Waals surface area (Å²) < 4.78 is 0. The number of aromatic nitrogens is 4. The topological polar surface area (TPSA) is 51.6 Å². The Morgan fingerprint density at radius 1 is 0.889 bits per heavy atom. The number of hydrogen-bond acceptors (Lipinski definition) is 4. The third-order valence-corrected chi connectivity index (χ3v) is 12.8. The molecule has 4 nitrogen and oxygen atoms in total. The van der Waals surface area contributed by atoms with Gasteiger partial charge in [-0.05, 0) is 90.6 Å². The Bertz CT molecular complexity index is 1190. The second kappa shape index (κ2) is 9.04. The Balaban J connectivity index is 1.65. The molecule has 4 saturated carbocycles. The molecule has 5 unspecified atom stereocenters. The Kier molecular flexibility index (Phi) is 6.22. The van der Waals surface area contributed by atoms with Crippen molar-refractivity contribution >= 4 is 31.7 Å². The zero-order chi connectivity index (χ0) is 25.1. The van der Waals surface area contributed by atoms with E-state index in [1.807, 2.05) is 36.9 Å². The van der Waals surface area contributed by atoms with E-state index in [1.165, 1.54) is 54.6 Å². The molecule has 0 aliphatic heterocycles. The van der Waals surface area contributed by atoms with Gasteiger partial charge in [-0.25, -0.2) is 19.9 Å². The van der Waals surface area contributed by atoms with Crippen LogP contribution in [0.2, 0.25) is 19.6 Å². The number of nitrogens with zero attached hydrogens (tertiary/aromatic N) is 4. The molecule has 0 spiro atoms. The quantitative estimate of drug-likeness (QED) is 0.309. The summed E-state index contributed by atoms with van der Waals surface area (Å²) in [6.07, 6.45) is 15.5. The van der Waals surface area contributed by atoms with Gasteiger partial charge in [0.2, 0.25) is 0 Å². The highest BCUT2D eigenvalue weighted by molar-refractivity contribution is 7.19. The first-order chi connectivity index (χ1) is 17.3. The highest BCUT2D eigenvalue weighted by atomic mass is 31.0. The molecular formula is C29H38N4P2Si. The van der Waals surface area contributed by atoms with Crippen molar-refractivity contribution in [3.8, 4) is 0 Å². The van der Waals surface area contributed by atoms with Crippen molar-refractivity contribution in [2.24, 2.45) is 23.7 Å². The Morgan fingerprint density at radius 3 is 1.94 bits per heavy atom. The van der Waals surface area contributed by atoms with Gasteiger partial charge in [0.1, 0.15) is 16.8 Å². The normalized spacial score (nSPS) is 29.5. The van der Waals surface area contributed by atoms with Gasteiger partial charge in [0.15, 0.2) is 0 Å². The minimum absolute atomic E-state index is 0.204. The van der Waals surface area contributed by atoms with Crippen molar-refractivity contribution in [2.45, 2.75) is 62.3 Å². The maximum Gasteiger partial charge on any atom is 0.150 e. The van der Waals surface area contributed by atoms with Crippen molar-refractivity contribution < 1.29 is 0 Å². The summed E-state index contributed by atoms with van der Waals surface area (Å²) in [4.78, 5) is 19.3. The lowest BCUT2D eigenvalue weighted by atomic mass is 9.43. The van der Waals surface area contributed by atoms with Gasteiger partial charge in [-0.15, -0.1) is 18.5 Å². The second-order valence-corrected chi connectivity index (χ2v) is 19.0. The first-order valence-electron chi connectivity index (χ1n) is 13.4. The van der Waals surface area contributed by atoms with E-state index in [9.17, 15) is 0 Å². The Hall–Kier alpha value is -1.54. The largest absolute Gasteiger partial charge is 0.240 e. The van der Waals surface area contributed by atoms with Crippen LogP contribution >= 0.6 is 18.5 Å². The lowest BCUT2D eigenvalue weighted by Crippen LogP contribution is -2.56. The van der Waals surface area contributed by atoms with E-state index >= 15 is 0 Å². The first-order valence-corrected chi connectivity index (χ1v) is 18.3. The molecule has 2 heterocycles. The van der Waals surface area contributed by atoms with Gasteiger partial charge in [0, 0.05) is 24.8 Å². The van der Waals surface area contributed by atoms with Crippen molar-refractivity contribution in [3.63, 3.8) is 0 Å². The molecule has 0 amide bonds. The molecule has 4 bridgehead atoms. The lowest BCUT2D eigenvalue weighted by molar-refractivity contribution is -0.0522. The van der Waals surface area contributed by atoms with Crippen molar-refractivity contribution in [2.75, 3.05) is 6.16 Å². The molecule has 7 rings (SSSR count). The molecule has 4 aliphatic rings. The predicted octanol–water partition coefficient (Wildman–Crippen LogP) is 5.55. The smallest absolute Gasteiger partial charge is 0.150 e. The molecule has 2 aromatic heterocycles. The summed E-state index contributed by atoms with van der Waals surface area (Å²) in [5.41, 5.74) is 3.01. The zero-order valence-corrected chi connectivity index (χ0v) is 25.0. The molecule has 3 aromatic rings. The van der Waals surface area contributed by atoms with Crippen molar-refractivity contribution in [1.29, 1.82) is 0 Å². The molecule has 0 N–H and O–H groups in total. The minimum Gasteiger partial charge on any atom is -0.240 e. The fraction of sp³-hybridized carbons (Fsp3) is 0.517. The highest BCUT2D eigenvalue weighted by Gasteiger charge is 2.58. The summed E-state index contributed by atoms with van der Waals surface area (Å²) in [6, 6.07) is 11.2. The molecule has 4 fully saturated rings. The Morgan fingerprint density at radius 2 is 1.44 bits per heavy atom. The standard InChI is InChI=1S/C29H38N4P2Si/c1-36(2,3)22-6-7-23(28-16-19-12-20(17-28)14-21(13-19)25(28)18-34)24(15-22)29(35,26-30-8-4-9-31-26)27-32-10-5-11-33-27/h4-11,15,19-21,25H,12-14,16-18,34-35H2,1-3H3. The van der Waals surface area contributed by atoms with Gasteiger partial charge >= 0.3 is 0 Å². The minimum atomic E-state index is -1.58. The van der Waals surface area contributed by atoms with E-state index in [2.05, 4.69) is 56.3 Å². The van der Waals surface area contributed by atoms with Gasteiger partial charge in [0.25, 0.3) is 0 Å². The van der Waals surface area contributed by atoms with Crippen LogP contribution in [0.1, 0.15) is 54.9 Å². The maximum atomic E-state index is 4.82. The van der Waals surface area contributed by atoms with Crippen LogP contribution < -0.4 is 5.19 Å². The molecule has 5 atom stereocenters. The number of benzene rings is 1. The van der Waals surface area contributed by atoms with Gasteiger partial charge in [-0.1, -0.05) is 43.0 Å². The predicted molar refractivity (Wildman–Crippen MR) is 156 cm³/mol. The summed E-state index contributed by atoms with van der Waals surface area (Å²) >= 11 is 0. The summed E-state index contributed by atoms with van der Waals surface area (Å²) in [7, 11) is 4.69. The highest BCUT2D eigenvalue weighted by Crippen LogP contribution is 2.65. The molecule has 4 aliphatic carbocycles. The molecule has 36 heavy (non-hydrogen) atoms. The fourth-order valence-electron chi connectivity index (χ4n) is 8.10. The third kappa shape index (κ3) is 3.84. The van der Waals surface area contributed by atoms with E-state index in [-0.39, 0.29) is 5.41 Å². The van der Waals surface area contributed by atoms with E-state index in [0.29, 0.717) is 5.92 Å². The van der Waals surface area contributed by atoms with Gasteiger partial charge in [0.05, 0.1) is 8.07 Å². The molecular weight excluding hydrogens is 494 g/mol. The molecule has 0 saturated heterocycles. The zero-order valence-electron chi connectivity index (χ0n) is 21.7. The fourth-order valence-corrected chi connectivity index (χ4v) is 10.6. The van der Waals surface area contributed by atoms with Crippen LogP contribution in [0.5, 0.6) is 0 Å². The Labute approximate surface area is 221 Å². The van der Waals surface area contributed by atoms with Crippen LogP contribution in [0, 0.1) is 23.7 Å². The van der Waals surface area contributed by atoms with Crippen LogP contribution in [0.4, 0.5) is 0 Å². The monoisotopic (exact) mass is 532 g/mol. The molecule has 188 valence electrons. The first kappa shape index (κ1) is 24.8. The maximum absolute atomic E-state index is 4.82. The van der Waals surface area contributed by atoms with Crippen molar-refractivity contribution in [1.82, 2.24) is 19.9 Å². The van der Waals surface area contributed by atoms with Gasteiger partial charge < -0.3 is 0 Å². The van der Waals surface area contributed by atoms with E-state index < -0.39 is 13.2 Å². The van der Waals surface area contributed by atoms with Crippen LogP contribution in [0.25, 0.3) is 0 Å². The number of hydrogen-bond donors (Lipinski definition) is 0. The van der Waals surface area contributed by atoms with Crippen LogP contribution in [0.15, 0.2) is 55.1 Å². The van der Waals surface area contributed by atoms with Crippen LogP contribution in [-0.2, 0) is 10.6 Å². The van der Waals surface area contributed by atoms with Crippen LogP contribution in [0.3, 0.4) is 0 Å². The van der Waals surface area contributed by atoms with E-state index in [1.54, 1.807) is 0 Å². The summed E-state index contributed by atoms with van der Waals surface area (Å²) in [6.45, 7) is 7.31. The lowest BCUT2D eigenvalue weighted by Gasteiger charge is -2.62. The third-order valence-electron chi connectivity index (χ3n) is 9.46. The average molecular weight is 533 g/mol. The molecule has 0 radical (unpaired) electrons. The van der Waals surface area contributed by atoms with Crippen molar-refractivity contribution in [3.05, 3.63) is 77.9 Å². The molecule has 7 heteroatoms. The molecule has 1 aromatic carbocycles. The average Bonchev–Trinajstić information content (AvgIpc) is 2.88. The van der Waals surface area contributed by atoms with Gasteiger partial charge in [-0.3, -0.25) is 0 Å². The number of rotatable bonds is 6. The van der Waals surface area contributed by atoms with E-state index in [4.69, 9.17) is 19.9 Å². The summed E-state index contributed by atoms with van der Waals surface area (Å²) in [5.74, 6) is 4.77. The van der Waals surface area contributed by atoms with Crippen LogP contribution in [-0.4, -0.2) is 34.2 Å². The summed E-state index contributed by atoms with van der Waals surface area (Å²) in [5, 5.41) is 0.759.